The highest BCUT2D eigenvalue weighted by Crippen LogP contribution is 2.35. The SMILES string of the molecule is COc1cccc(CN(C(=O)c2cc(-c3cc(Cl)ccc3C(=O)N3Cc4ccccc4C[C@H]3CN3CCOCC3)n(C)c2C)c2ccc3[nH]ncc3c2)c1C. The maximum atomic E-state index is 14.9. The Morgan fingerprint density at radius 2 is 1.76 bits per heavy atom. The molecule has 1 N–H and O–H groups in total. The number of H-pyrrole nitrogens is 1. The fourth-order valence-electron chi connectivity index (χ4n) is 8.06. The summed E-state index contributed by atoms with van der Waals surface area (Å²) in [5.41, 5.74) is 9.25. The minimum absolute atomic E-state index is 0.0162. The Labute approximate surface area is 326 Å². The highest BCUT2D eigenvalue weighted by atomic mass is 35.5. The van der Waals surface area contributed by atoms with Gasteiger partial charge in [-0.25, -0.2) is 0 Å². The number of ether oxygens (including phenoxy) is 2. The second-order valence-corrected chi connectivity index (χ2v) is 15.0. The number of anilines is 1. The van der Waals surface area contributed by atoms with Crippen LogP contribution in [0.25, 0.3) is 22.2 Å². The van der Waals surface area contributed by atoms with Crippen molar-refractivity contribution in [3.8, 4) is 17.0 Å². The van der Waals surface area contributed by atoms with E-state index in [1.807, 2.05) is 91.0 Å². The van der Waals surface area contributed by atoms with Gasteiger partial charge in [-0.2, -0.15) is 5.10 Å². The number of carbonyl (C=O) groups is 2. The average Bonchev–Trinajstić information content (AvgIpc) is 3.80. The summed E-state index contributed by atoms with van der Waals surface area (Å²) in [5, 5.41) is 8.62. The van der Waals surface area contributed by atoms with Crippen LogP contribution in [-0.2, 0) is 31.3 Å². The third-order valence-electron chi connectivity index (χ3n) is 11.4. The number of carbonyl (C=O) groups excluding carboxylic acids is 2. The summed E-state index contributed by atoms with van der Waals surface area (Å²) in [4.78, 5) is 36.1. The van der Waals surface area contributed by atoms with Crippen molar-refractivity contribution in [2.45, 2.75) is 39.4 Å². The lowest BCUT2D eigenvalue weighted by molar-refractivity contribution is 0.0193. The van der Waals surface area contributed by atoms with Gasteiger partial charge in [0.15, 0.2) is 0 Å². The second kappa shape index (κ2) is 15.4. The van der Waals surface area contributed by atoms with Crippen molar-refractivity contribution in [2.75, 3.05) is 44.9 Å². The molecule has 2 aromatic heterocycles. The molecule has 1 atom stereocenters. The highest BCUT2D eigenvalue weighted by Gasteiger charge is 2.34. The number of halogens is 1. The number of rotatable bonds is 9. The van der Waals surface area contributed by atoms with Crippen LogP contribution in [0.2, 0.25) is 5.02 Å². The number of morpholine rings is 1. The predicted octanol–water partition coefficient (Wildman–Crippen LogP) is 7.59. The van der Waals surface area contributed by atoms with E-state index in [1.165, 1.54) is 5.56 Å². The van der Waals surface area contributed by atoms with Gasteiger partial charge in [0.1, 0.15) is 5.75 Å². The Kier molecular flexibility index (Phi) is 10.2. The van der Waals surface area contributed by atoms with Crippen LogP contribution in [-0.4, -0.2) is 82.4 Å². The van der Waals surface area contributed by atoms with Gasteiger partial charge in [-0.3, -0.25) is 19.6 Å². The van der Waals surface area contributed by atoms with Crippen LogP contribution in [0.1, 0.15) is 48.7 Å². The van der Waals surface area contributed by atoms with Gasteiger partial charge >= 0.3 is 0 Å². The van der Waals surface area contributed by atoms with E-state index in [9.17, 15) is 9.59 Å². The first kappa shape index (κ1) is 36.6. The number of nitrogens with one attached hydrogen (secondary N) is 1. The monoisotopic (exact) mass is 756 g/mol. The Balaban J connectivity index is 1.17. The van der Waals surface area contributed by atoms with Gasteiger partial charge in [-0.15, -0.1) is 0 Å². The van der Waals surface area contributed by atoms with Crippen LogP contribution >= 0.6 is 11.6 Å². The maximum absolute atomic E-state index is 14.9. The van der Waals surface area contributed by atoms with E-state index in [-0.39, 0.29) is 17.9 Å². The fourth-order valence-corrected chi connectivity index (χ4v) is 8.23. The number of hydrogen-bond acceptors (Lipinski definition) is 6. The molecule has 55 heavy (non-hydrogen) atoms. The van der Waals surface area contributed by atoms with Gasteiger partial charge < -0.3 is 23.8 Å². The largest absolute Gasteiger partial charge is 0.496 e. The molecule has 1 saturated heterocycles. The standard InChI is InChI=1S/C44H45ClN6O4/c1-28-31(10-7-11-42(28)54-4)25-50(35-13-15-40-33(21-35)24-46-47-40)44(53)38-23-41(48(3)29(38)2)39-22-34(45)12-14-37(39)43(52)51-26-32-9-6-5-8-30(32)20-36(51)27-49-16-18-55-19-17-49/h5-15,21-24,36H,16-20,25-27H2,1-4H3,(H,46,47)/t36-/m0/s1. The van der Waals surface area contributed by atoms with E-state index in [0.717, 1.165) is 76.5 Å². The zero-order valence-electron chi connectivity index (χ0n) is 31.6. The van der Waals surface area contributed by atoms with Crippen LogP contribution in [0, 0.1) is 13.8 Å². The van der Waals surface area contributed by atoms with Gasteiger partial charge in [0.2, 0.25) is 0 Å². The van der Waals surface area contributed by atoms with Crippen molar-refractivity contribution >= 4 is 40.0 Å². The molecule has 1 fully saturated rings. The lowest BCUT2D eigenvalue weighted by Crippen LogP contribution is -2.52. The fraction of sp³-hybridized carbons (Fsp3) is 0.295. The normalized spacial score (nSPS) is 15.9. The number of fused-ring (bicyclic) bond motifs is 2. The molecule has 0 aliphatic carbocycles. The minimum atomic E-state index is -0.169. The first-order valence-electron chi connectivity index (χ1n) is 18.7. The van der Waals surface area contributed by atoms with E-state index < -0.39 is 0 Å². The quantitative estimate of drug-likeness (QED) is 0.163. The summed E-state index contributed by atoms with van der Waals surface area (Å²) in [6.07, 6.45) is 2.53. The molecule has 282 valence electrons. The Hall–Kier alpha value is -5.42. The Bertz CT molecular complexity index is 2400. The molecule has 0 radical (unpaired) electrons. The van der Waals surface area contributed by atoms with E-state index in [4.69, 9.17) is 21.1 Å². The number of hydrogen-bond donors (Lipinski definition) is 1. The van der Waals surface area contributed by atoms with Crippen molar-refractivity contribution in [3.05, 3.63) is 135 Å². The number of aromatic nitrogens is 3. The zero-order valence-corrected chi connectivity index (χ0v) is 32.4. The van der Waals surface area contributed by atoms with Crippen LogP contribution < -0.4 is 9.64 Å². The predicted molar refractivity (Wildman–Crippen MR) is 216 cm³/mol. The van der Waals surface area contributed by atoms with E-state index in [0.29, 0.717) is 48.0 Å². The summed E-state index contributed by atoms with van der Waals surface area (Å²) in [6, 6.07) is 27.5. The van der Waals surface area contributed by atoms with Gasteiger partial charge in [0.25, 0.3) is 11.8 Å². The molecule has 0 unspecified atom stereocenters. The molecular formula is C44H45ClN6O4. The summed E-state index contributed by atoms with van der Waals surface area (Å²) in [6.45, 7) is 8.62. The molecule has 0 saturated carbocycles. The van der Waals surface area contributed by atoms with Crippen LogP contribution in [0.15, 0.2) is 91.1 Å². The Morgan fingerprint density at radius 3 is 2.56 bits per heavy atom. The molecule has 2 amide bonds. The lowest BCUT2D eigenvalue weighted by Gasteiger charge is -2.40. The van der Waals surface area contributed by atoms with Gasteiger partial charge in [0.05, 0.1) is 44.1 Å². The number of benzene rings is 4. The number of amides is 2. The van der Waals surface area contributed by atoms with Gasteiger partial charge in [-0.05, 0) is 91.1 Å². The van der Waals surface area contributed by atoms with Crippen LogP contribution in [0.3, 0.4) is 0 Å². The third-order valence-corrected chi connectivity index (χ3v) is 11.6. The summed E-state index contributed by atoms with van der Waals surface area (Å²) >= 11 is 6.70. The van der Waals surface area contributed by atoms with Gasteiger partial charge in [0, 0.05) is 77.9 Å². The van der Waals surface area contributed by atoms with Crippen molar-refractivity contribution < 1.29 is 19.1 Å². The molecule has 6 aromatic rings. The molecule has 8 rings (SSSR count). The first-order valence-corrected chi connectivity index (χ1v) is 19.1. The topological polar surface area (TPSA) is 95.9 Å². The maximum Gasteiger partial charge on any atom is 0.260 e. The van der Waals surface area contributed by atoms with Crippen LogP contribution in [0.4, 0.5) is 5.69 Å². The third kappa shape index (κ3) is 7.13. The molecule has 4 aromatic carbocycles. The molecular weight excluding hydrogens is 712 g/mol. The summed E-state index contributed by atoms with van der Waals surface area (Å²) < 4.78 is 13.2. The number of aromatic amines is 1. The Morgan fingerprint density at radius 1 is 0.964 bits per heavy atom. The lowest BCUT2D eigenvalue weighted by atomic mass is 9.92. The zero-order chi connectivity index (χ0) is 38.2. The highest BCUT2D eigenvalue weighted by molar-refractivity contribution is 6.31. The van der Waals surface area contributed by atoms with Crippen molar-refractivity contribution in [1.29, 1.82) is 0 Å². The molecule has 11 heteroatoms. The second-order valence-electron chi connectivity index (χ2n) is 14.5. The molecule has 2 aliphatic heterocycles. The van der Waals surface area contributed by atoms with Crippen LogP contribution in [0.5, 0.6) is 5.75 Å². The molecule has 2 aliphatic rings. The summed E-state index contributed by atoms with van der Waals surface area (Å²) in [7, 11) is 3.59. The first-order chi connectivity index (χ1) is 26.7. The molecule has 0 spiro atoms. The van der Waals surface area contributed by atoms with Gasteiger partial charge in [-0.1, -0.05) is 48.0 Å². The summed E-state index contributed by atoms with van der Waals surface area (Å²) in [5.74, 6) is 0.531. The van der Waals surface area contributed by atoms with E-state index in [2.05, 4.69) is 33.3 Å². The minimum Gasteiger partial charge on any atom is -0.496 e. The van der Waals surface area contributed by atoms with E-state index in [1.54, 1.807) is 24.3 Å². The molecule has 4 heterocycles. The van der Waals surface area contributed by atoms with E-state index >= 15 is 0 Å². The van der Waals surface area contributed by atoms with Crippen molar-refractivity contribution in [2.24, 2.45) is 7.05 Å². The number of nitrogens with zero attached hydrogens (tertiary/aromatic N) is 5. The average molecular weight is 757 g/mol. The van der Waals surface area contributed by atoms with Crippen molar-refractivity contribution in [1.82, 2.24) is 24.6 Å². The van der Waals surface area contributed by atoms with Crippen molar-refractivity contribution in [3.63, 3.8) is 0 Å². The molecule has 0 bridgehead atoms. The molecule has 10 nitrogen and oxygen atoms in total. The smallest absolute Gasteiger partial charge is 0.260 e. The number of methoxy groups -OCH3 is 1.